The molecule has 1 atom stereocenters. The Kier molecular flexibility index (Phi) is 6.42. The fraction of sp³-hybridized carbons (Fsp3) is 0.545. The third-order valence-electron chi connectivity index (χ3n) is 6.19. The van der Waals surface area contributed by atoms with Gasteiger partial charge in [-0.25, -0.2) is 0 Å². The number of pyridine rings is 1. The number of amides is 2. The van der Waals surface area contributed by atoms with Gasteiger partial charge in [-0.3, -0.25) is 24.6 Å². The normalized spacial score (nSPS) is 20.8. The summed E-state index contributed by atoms with van der Waals surface area (Å²) in [7, 11) is 0. The molecule has 0 spiro atoms. The van der Waals surface area contributed by atoms with E-state index in [1.807, 2.05) is 30.0 Å². The van der Waals surface area contributed by atoms with Crippen LogP contribution >= 0.6 is 0 Å². The summed E-state index contributed by atoms with van der Waals surface area (Å²) in [6, 6.07) is 7.96. The summed E-state index contributed by atoms with van der Waals surface area (Å²) in [5.41, 5.74) is 2.27. The van der Waals surface area contributed by atoms with Gasteiger partial charge in [0.15, 0.2) is 0 Å². The van der Waals surface area contributed by atoms with Gasteiger partial charge in [0, 0.05) is 37.6 Å². The highest BCUT2D eigenvalue weighted by Crippen LogP contribution is 2.24. The van der Waals surface area contributed by atoms with Gasteiger partial charge < -0.3 is 10.2 Å². The van der Waals surface area contributed by atoms with E-state index in [9.17, 15) is 9.59 Å². The monoisotopic (exact) mass is 410 g/mol. The van der Waals surface area contributed by atoms with Crippen molar-refractivity contribution in [1.29, 1.82) is 0 Å². The van der Waals surface area contributed by atoms with Gasteiger partial charge in [-0.15, -0.1) is 0 Å². The molecular formula is C22H30N6O2. The van der Waals surface area contributed by atoms with Gasteiger partial charge >= 0.3 is 0 Å². The number of rotatable bonds is 5. The molecule has 2 fully saturated rings. The summed E-state index contributed by atoms with van der Waals surface area (Å²) in [6.45, 7) is 5.68. The number of hydrogen-bond donors (Lipinski definition) is 2. The lowest BCUT2D eigenvalue weighted by atomic mass is 9.93. The van der Waals surface area contributed by atoms with E-state index in [4.69, 9.17) is 0 Å². The van der Waals surface area contributed by atoms with Crippen LogP contribution in [0.25, 0.3) is 0 Å². The average molecular weight is 411 g/mol. The molecular weight excluding hydrogens is 380 g/mol. The molecule has 0 bridgehead atoms. The Morgan fingerprint density at radius 3 is 2.73 bits per heavy atom. The maximum atomic E-state index is 12.7. The summed E-state index contributed by atoms with van der Waals surface area (Å²) < 4.78 is 0. The molecule has 0 aliphatic carbocycles. The van der Waals surface area contributed by atoms with Crippen LogP contribution in [0.3, 0.4) is 0 Å². The number of piperidine rings is 2. The van der Waals surface area contributed by atoms with Crippen molar-refractivity contribution in [1.82, 2.24) is 30.3 Å². The predicted octanol–water partition coefficient (Wildman–Crippen LogP) is 1.75. The molecule has 30 heavy (non-hydrogen) atoms. The molecule has 8 nitrogen and oxygen atoms in total. The number of carbonyl (C=O) groups is 2. The standard InChI is InChI=1S/C22H30N6O2/c1-16-13-20(26-25-16)22(30)27-11-7-19(8-12-27)28-10-4-5-17(15-28)21(29)24-14-18-6-2-3-9-23-18/h2-3,6,9,13,17,19H,4-5,7-8,10-12,14-15H2,1H3,(H,24,29)(H,25,26). The van der Waals surface area contributed by atoms with Crippen molar-refractivity contribution in [2.45, 2.75) is 45.2 Å². The predicted molar refractivity (Wildman–Crippen MR) is 113 cm³/mol. The fourth-order valence-corrected chi connectivity index (χ4v) is 4.50. The van der Waals surface area contributed by atoms with Crippen LogP contribution in [-0.2, 0) is 11.3 Å². The van der Waals surface area contributed by atoms with Crippen molar-refractivity contribution in [3.63, 3.8) is 0 Å². The highest BCUT2D eigenvalue weighted by atomic mass is 16.2. The van der Waals surface area contributed by atoms with Crippen LogP contribution < -0.4 is 5.32 Å². The lowest BCUT2D eigenvalue weighted by Crippen LogP contribution is -2.51. The topological polar surface area (TPSA) is 94.2 Å². The molecule has 4 rings (SSSR count). The first-order valence-corrected chi connectivity index (χ1v) is 10.8. The molecule has 2 saturated heterocycles. The number of nitrogens with one attached hydrogen (secondary N) is 2. The average Bonchev–Trinajstić information content (AvgIpc) is 3.24. The van der Waals surface area contributed by atoms with E-state index in [2.05, 4.69) is 25.4 Å². The molecule has 4 heterocycles. The molecule has 2 aromatic rings. The molecule has 2 aliphatic heterocycles. The minimum atomic E-state index is 0.00298. The zero-order chi connectivity index (χ0) is 20.9. The van der Waals surface area contributed by atoms with E-state index in [0.29, 0.717) is 18.3 Å². The Labute approximate surface area is 177 Å². The molecule has 2 N–H and O–H groups in total. The Hall–Kier alpha value is -2.74. The van der Waals surface area contributed by atoms with Crippen molar-refractivity contribution in [3.8, 4) is 0 Å². The van der Waals surface area contributed by atoms with Gasteiger partial charge in [0.2, 0.25) is 5.91 Å². The van der Waals surface area contributed by atoms with Crippen molar-refractivity contribution >= 4 is 11.8 Å². The van der Waals surface area contributed by atoms with Crippen molar-refractivity contribution in [2.24, 2.45) is 5.92 Å². The largest absolute Gasteiger partial charge is 0.350 e. The molecule has 8 heteroatoms. The molecule has 0 radical (unpaired) electrons. The van der Waals surface area contributed by atoms with Crippen LogP contribution in [0.2, 0.25) is 0 Å². The summed E-state index contributed by atoms with van der Waals surface area (Å²) in [5, 5.41) is 9.97. The molecule has 0 aromatic carbocycles. The lowest BCUT2D eigenvalue weighted by Gasteiger charge is -2.41. The summed E-state index contributed by atoms with van der Waals surface area (Å²) in [4.78, 5) is 33.9. The Balaban J connectivity index is 1.26. The number of hydrogen-bond acceptors (Lipinski definition) is 5. The van der Waals surface area contributed by atoms with E-state index < -0.39 is 0 Å². The maximum absolute atomic E-state index is 12.7. The second-order valence-electron chi connectivity index (χ2n) is 8.33. The Morgan fingerprint density at radius 1 is 1.20 bits per heavy atom. The third-order valence-corrected chi connectivity index (χ3v) is 6.19. The number of aromatic amines is 1. The molecule has 2 aromatic heterocycles. The zero-order valence-corrected chi connectivity index (χ0v) is 17.5. The summed E-state index contributed by atoms with van der Waals surface area (Å²) in [6.07, 6.45) is 5.59. The van der Waals surface area contributed by atoms with Crippen LogP contribution in [-0.4, -0.2) is 69.0 Å². The molecule has 2 amide bonds. The maximum Gasteiger partial charge on any atom is 0.274 e. The highest BCUT2D eigenvalue weighted by molar-refractivity contribution is 5.92. The first-order chi connectivity index (χ1) is 14.6. The minimum absolute atomic E-state index is 0.00298. The number of H-pyrrole nitrogens is 1. The second-order valence-corrected chi connectivity index (χ2v) is 8.33. The number of nitrogens with zero attached hydrogens (tertiary/aromatic N) is 4. The smallest absolute Gasteiger partial charge is 0.274 e. The highest BCUT2D eigenvalue weighted by Gasteiger charge is 2.33. The lowest BCUT2D eigenvalue weighted by molar-refractivity contribution is -0.127. The molecule has 2 aliphatic rings. The Bertz CT molecular complexity index is 860. The van der Waals surface area contributed by atoms with Crippen molar-refractivity contribution in [3.05, 3.63) is 47.5 Å². The van der Waals surface area contributed by atoms with E-state index in [-0.39, 0.29) is 17.7 Å². The van der Waals surface area contributed by atoms with Gasteiger partial charge in [-0.2, -0.15) is 5.10 Å². The molecule has 160 valence electrons. The van der Waals surface area contributed by atoms with Gasteiger partial charge in [0.25, 0.3) is 5.91 Å². The van der Waals surface area contributed by atoms with E-state index >= 15 is 0 Å². The number of aromatic nitrogens is 3. The van der Waals surface area contributed by atoms with Gasteiger partial charge in [0.05, 0.1) is 18.2 Å². The van der Waals surface area contributed by atoms with Crippen LogP contribution in [0, 0.1) is 12.8 Å². The molecule has 1 unspecified atom stereocenters. The van der Waals surface area contributed by atoms with E-state index in [0.717, 1.165) is 63.3 Å². The van der Waals surface area contributed by atoms with Crippen LogP contribution in [0.4, 0.5) is 0 Å². The van der Waals surface area contributed by atoms with E-state index in [1.165, 1.54) is 0 Å². The van der Waals surface area contributed by atoms with Crippen LogP contribution in [0.15, 0.2) is 30.5 Å². The second kappa shape index (κ2) is 9.38. The summed E-state index contributed by atoms with van der Waals surface area (Å²) >= 11 is 0. The quantitative estimate of drug-likeness (QED) is 0.783. The Morgan fingerprint density at radius 2 is 2.03 bits per heavy atom. The van der Waals surface area contributed by atoms with Gasteiger partial charge in [-0.1, -0.05) is 6.07 Å². The van der Waals surface area contributed by atoms with Crippen LogP contribution in [0.5, 0.6) is 0 Å². The van der Waals surface area contributed by atoms with E-state index in [1.54, 1.807) is 12.3 Å². The van der Waals surface area contributed by atoms with Gasteiger partial charge in [0.1, 0.15) is 5.69 Å². The fourth-order valence-electron chi connectivity index (χ4n) is 4.50. The molecule has 0 saturated carbocycles. The zero-order valence-electron chi connectivity index (χ0n) is 17.5. The van der Waals surface area contributed by atoms with Crippen molar-refractivity contribution < 1.29 is 9.59 Å². The minimum Gasteiger partial charge on any atom is -0.350 e. The number of carbonyl (C=O) groups excluding carboxylic acids is 2. The third kappa shape index (κ3) is 4.87. The number of aryl methyl sites for hydroxylation is 1. The van der Waals surface area contributed by atoms with Gasteiger partial charge in [-0.05, 0) is 57.4 Å². The first-order valence-electron chi connectivity index (χ1n) is 10.8. The number of likely N-dealkylation sites (tertiary alicyclic amines) is 2. The first kappa shape index (κ1) is 20.5. The SMILES string of the molecule is Cc1cc(C(=O)N2CCC(N3CCCC(C(=O)NCc4ccccn4)C3)CC2)n[nH]1. The van der Waals surface area contributed by atoms with Crippen molar-refractivity contribution in [2.75, 3.05) is 26.2 Å². The van der Waals surface area contributed by atoms with Crippen LogP contribution in [0.1, 0.15) is 47.6 Å². The summed E-state index contributed by atoms with van der Waals surface area (Å²) in [5.74, 6) is 0.143.